The number of H-pyrrole nitrogens is 1. The van der Waals surface area contributed by atoms with E-state index in [1.165, 1.54) is 12.1 Å². The lowest BCUT2D eigenvalue weighted by Gasteiger charge is -2.25. The molecule has 0 unspecified atom stereocenters. The van der Waals surface area contributed by atoms with Gasteiger partial charge in [0.05, 0.1) is 17.6 Å². The molecule has 3 nitrogen and oxygen atoms in total. The molecule has 110 valence electrons. The largest absolute Gasteiger partial charge is 0.341 e. The van der Waals surface area contributed by atoms with Crippen molar-refractivity contribution >= 4 is 11.0 Å². The average Bonchev–Trinajstić information content (AvgIpc) is 2.68. The molecule has 0 aliphatic carbocycles. The van der Waals surface area contributed by atoms with E-state index in [9.17, 15) is 4.39 Å². The second-order valence-electron chi connectivity index (χ2n) is 6.33. The molecule has 0 aliphatic rings. The minimum absolute atomic E-state index is 0.228. The van der Waals surface area contributed by atoms with Crippen LogP contribution in [0.2, 0.25) is 0 Å². The Balaban J connectivity index is 2.14. The maximum Gasteiger partial charge on any atom is 0.125 e. The fourth-order valence-corrected chi connectivity index (χ4v) is 2.56. The normalized spacial score (nSPS) is 12.2. The molecule has 0 bridgehead atoms. The van der Waals surface area contributed by atoms with Crippen molar-refractivity contribution in [3.8, 4) is 0 Å². The van der Waals surface area contributed by atoms with Gasteiger partial charge < -0.3 is 4.98 Å². The number of imidazole rings is 1. The molecule has 0 atom stereocenters. The van der Waals surface area contributed by atoms with Crippen LogP contribution >= 0.6 is 0 Å². The van der Waals surface area contributed by atoms with Gasteiger partial charge in [-0.05, 0) is 30.0 Å². The quantitative estimate of drug-likeness (QED) is 0.870. The number of rotatable bonds is 6. The molecule has 0 saturated heterocycles. The van der Waals surface area contributed by atoms with Crippen LogP contribution in [-0.4, -0.2) is 28.0 Å². The summed E-state index contributed by atoms with van der Waals surface area (Å²) in [6, 6.07) is 4.67. The Kier molecular flexibility index (Phi) is 4.76. The molecule has 0 amide bonds. The first-order chi connectivity index (χ1) is 9.44. The van der Waals surface area contributed by atoms with Gasteiger partial charge in [-0.15, -0.1) is 0 Å². The van der Waals surface area contributed by atoms with Crippen LogP contribution in [0.4, 0.5) is 4.39 Å². The van der Waals surface area contributed by atoms with Gasteiger partial charge in [0.1, 0.15) is 11.6 Å². The first-order valence-corrected chi connectivity index (χ1v) is 7.30. The zero-order valence-electron chi connectivity index (χ0n) is 12.8. The van der Waals surface area contributed by atoms with Crippen molar-refractivity contribution in [2.24, 2.45) is 11.8 Å². The van der Waals surface area contributed by atoms with Crippen LogP contribution < -0.4 is 0 Å². The van der Waals surface area contributed by atoms with E-state index in [2.05, 4.69) is 42.6 Å². The Bertz CT molecular complexity index is 550. The lowest BCUT2D eigenvalue weighted by atomic mass is 10.1. The van der Waals surface area contributed by atoms with Gasteiger partial charge in [0, 0.05) is 13.1 Å². The van der Waals surface area contributed by atoms with Gasteiger partial charge in [-0.3, -0.25) is 4.90 Å². The number of hydrogen-bond donors (Lipinski definition) is 1. The maximum absolute atomic E-state index is 13.2. The lowest BCUT2D eigenvalue weighted by molar-refractivity contribution is 0.207. The van der Waals surface area contributed by atoms with Crippen LogP contribution in [0.3, 0.4) is 0 Å². The third-order valence-electron chi connectivity index (χ3n) is 3.11. The Hall–Kier alpha value is -1.42. The topological polar surface area (TPSA) is 31.9 Å². The number of halogens is 1. The van der Waals surface area contributed by atoms with Gasteiger partial charge in [0.15, 0.2) is 0 Å². The summed E-state index contributed by atoms with van der Waals surface area (Å²) in [5.41, 5.74) is 1.60. The number of fused-ring (bicyclic) bond motifs is 1. The molecule has 1 heterocycles. The van der Waals surface area contributed by atoms with E-state index >= 15 is 0 Å². The second-order valence-corrected chi connectivity index (χ2v) is 6.33. The van der Waals surface area contributed by atoms with Gasteiger partial charge in [-0.1, -0.05) is 27.7 Å². The summed E-state index contributed by atoms with van der Waals surface area (Å²) in [5, 5.41) is 0. The van der Waals surface area contributed by atoms with Gasteiger partial charge in [0.25, 0.3) is 0 Å². The van der Waals surface area contributed by atoms with Crippen LogP contribution in [0.15, 0.2) is 18.2 Å². The molecule has 0 aliphatic heterocycles. The SMILES string of the molecule is CC(C)CN(Cc1nc2ccc(F)cc2[nH]1)CC(C)C. The van der Waals surface area contributed by atoms with E-state index in [0.717, 1.165) is 36.5 Å². The summed E-state index contributed by atoms with van der Waals surface area (Å²) in [7, 11) is 0. The highest BCUT2D eigenvalue weighted by atomic mass is 19.1. The third kappa shape index (κ3) is 4.04. The van der Waals surface area contributed by atoms with Gasteiger partial charge >= 0.3 is 0 Å². The van der Waals surface area contributed by atoms with Crippen LogP contribution in [0, 0.1) is 17.7 Å². The highest BCUT2D eigenvalue weighted by molar-refractivity contribution is 5.74. The molecular formula is C16H24FN3. The molecule has 4 heteroatoms. The molecule has 0 spiro atoms. The average molecular weight is 277 g/mol. The number of hydrogen-bond acceptors (Lipinski definition) is 2. The lowest BCUT2D eigenvalue weighted by Crippen LogP contribution is -2.31. The Morgan fingerprint density at radius 3 is 2.40 bits per heavy atom. The van der Waals surface area contributed by atoms with Crippen LogP contribution in [0.5, 0.6) is 0 Å². The number of nitrogens with zero attached hydrogens (tertiary/aromatic N) is 2. The monoisotopic (exact) mass is 277 g/mol. The Morgan fingerprint density at radius 1 is 1.15 bits per heavy atom. The van der Waals surface area contributed by atoms with E-state index in [-0.39, 0.29) is 5.82 Å². The standard InChI is InChI=1S/C16H24FN3/c1-11(2)8-20(9-12(3)4)10-16-18-14-6-5-13(17)7-15(14)19-16/h5-7,11-12H,8-10H2,1-4H3,(H,18,19). The summed E-state index contributed by atoms with van der Waals surface area (Å²) < 4.78 is 13.2. The zero-order chi connectivity index (χ0) is 14.7. The number of benzene rings is 1. The highest BCUT2D eigenvalue weighted by Crippen LogP contribution is 2.15. The van der Waals surface area contributed by atoms with E-state index in [1.807, 2.05) is 0 Å². The molecule has 2 rings (SSSR count). The summed E-state index contributed by atoms with van der Waals surface area (Å²) in [4.78, 5) is 10.2. The zero-order valence-corrected chi connectivity index (χ0v) is 12.8. The first kappa shape index (κ1) is 15.0. The smallest absolute Gasteiger partial charge is 0.125 e. The highest BCUT2D eigenvalue weighted by Gasteiger charge is 2.12. The molecule has 0 fully saturated rings. The third-order valence-corrected chi connectivity index (χ3v) is 3.11. The van der Waals surface area contributed by atoms with E-state index in [1.54, 1.807) is 6.07 Å². The molecular weight excluding hydrogens is 253 g/mol. The van der Waals surface area contributed by atoms with E-state index < -0.39 is 0 Å². The molecule has 20 heavy (non-hydrogen) atoms. The summed E-state index contributed by atoms with van der Waals surface area (Å²) in [6.07, 6.45) is 0. The second kappa shape index (κ2) is 6.35. The molecule has 0 radical (unpaired) electrons. The van der Waals surface area contributed by atoms with Crippen molar-refractivity contribution in [1.82, 2.24) is 14.9 Å². The van der Waals surface area contributed by atoms with Crippen molar-refractivity contribution in [2.45, 2.75) is 34.2 Å². The van der Waals surface area contributed by atoms with Gasteiger partial charge in [-0.2, -0.15) is 0 Å². The fourth-order valence-electron chi connectivity index (χ4n) is 2.56. The van der Waals surface area contributed by atoms with Gasteiger partial charge in [0.2, 0.25) is 0 Å². The van der Waals surface area contributed by atoms with Crippen molar-refractivity contribution in [2.75, 3.05) is 13.1 Å². The number of aromatic nitrogens is 2. The fraction of sp³-hybridized carbons (Fsp3) is 0.562. The summed E-state index contributed by atoms with van der Waals surface area (Å²) in [6.45, 7) is 11.8. The predicted molar refractivity (Wildman–Crippen MR) is 81.0 cm³/mol. The van der Waals surface area contributed by atoms with Crippen molar-refractivity contribution in [3.63, 3.8) is 0 Å². The van der Waals surface area contributed by atoms with Crippen LogP contribution in [-0.2, 0) is 6.54 Å². The molecule has 0 saturated carbocycles. The molecule has 1 aromatic heterocycles. The van der Waals surface area contributed by atoms with Crippen molar-refractivity contribution in [3.05, 3.63) is 29.8 Å². The Morgan fingerprint density at radius 2 is 1.80 bits per heavy atom. The first-order valence-electron chi connectivity index (χ1n) is 7.30. The minimum atomic E-state index is -0.228. The van der Waals surface area contributed by atoms with E-state index in [0.29, 0.717) is 11.8 Å². The maximum atomic E-state index is 13.2. The number of aromatic amines is 1. The molecule has 1 N–H and O–H groups in total. The molecule has 1 aromatic carbocycles. The Labute approximate surface area is 120 Å². The summed E-state index contributed by atoms with van der Waals surface area (Å²) >= 11 is 0. The van der Waals surface area contributed by atoms with Crippen molar-refractivity contribution < 1.29 is 4.39 Å². The minimum Gasteiger partial charge on any atom is -0.341 e. The van der Waals surface area contributed by atoms with Crippen LogP contribution in [0.1, 0.15) is 33.5 Å². The van der Waals surface area contributed by atoms with Gasteiger partial charge in [-0.25, -0.2) is 9.37 Å². The van der Waals surface area contributed by atoms with Crippen LogP contribution in [0.25, 0.3) is 11.0 Å². The molecule has 2 aromatic rings. The van der Waals surface area contributed by atoms with Crippen molar-refractivity contribution in [1.29, 1.82) is 0 Å². The van der Waals surface area contributed by atoms with E-state index in [4.69, 9.17) is 0 Å². The number of nitrogens with one attached hydrogen (secondary N) is 1. The summed E-state index contributed by atoms with van der Waals surface area (Å²) in [5.74, 6) is 1.92. The predicted octanol–water partition coefficient (Wildman–Crippen LogP) is 3.82.